The number of ether oxygens (including phenoxy) is 2. The maximum Gasteiger partial charge on any atom is 0.363 e. The third kappa shape index (κ3) is 4.99. The first-order valence-corrected chi connectivity index (χ1v) is 10.2. The van der Waals surface area contributed by atoms with Crippen molar-refractivity contribution in [3.63, 3.8) is 0 Å². The number of anilines is 1. The van der Waals surface area contributed by atoms with Gasteiger partial charge in [0.1, 0.15) is 31.4 Å². The van der Waals surface area contributed by atoms with Crippen LogP contribution < -0.4 is 5.73 Å². The second-order valence-electron chi connectivity index (χ2n) is 5.81. The number of amides is 1. The lowest BCUT2D eigenvalue weighted by atomic mass is 9.86. The average Bonchev–Trinajstić information content (AvgIpc) is 3.00. The summed E-state index contributed by atoms with van der Waals surface area (Å²) in [7, 11) is -3.69. The minimum atomic E-state index is -4.89. The number of carbonyl (C=O) groups excluding carboxylic acids is 3. The maximum absolute atomic E-state index is 12.5. The van der Waals surface area contributed by atoms with Gasteiger partial charge in [0.15, 0.2) is 5.13 Å². The van der Waals surface area contributed by atoms with Crippen molar-refractivity contribution in [2.24, 2.45) is 11.1 Å². The Labute approximate surface area is 169 Å². The SMILES string of the molecule is CO/N=C(/C(=O)O[C@H](C)[C@H]1C(=O)N(S(=O)(=O)O)[C@@H]1COC(C)=O)c1csc(N)n1. The largest absolute Gasteiger partial charge is 0.464 e. The van der Waals surface area contributed by atoms with E-state index in [1.807, 2.05) is 0 Å². The summed E-state index contributed by atoms with van der Waals surface area (Å²) in [4.78, 5) is 44.2. The van der Waals surface area contributed by atoms with E-state index in [1.54, 1.807) is 0 Å². The lowest BCUT2D eigenvalue weighted by molar-refractivity contribution is -0.168. The van der Waals surface area contributed by atoms with E-state index in [0.29, 0.717) is 0 Å². The summed E-state index contributed by atoms with van der Waals surface area (Å²) < 4.78 is 42.1. The number of esters is 2. The van der Waals surface area contributed by atoms with E-state index >= 15 is 0 Å². The van der Waals surface area contributed by atoms with Gasteiger partial charge in [-0.1, -0.05) is 5.16 Å². The number of β-lactam (4-membered cyclic amide) rings is 1. The van der Waals surface area contributed by atoms with Gasteiger partial charge in [0.2, 0.25) is 11.6 Å². The van der Waals surface area contributed by atoms with Crippen molar-refractivity contribution in [2.75, 3.05) is 19.5 Å². The lowest BCUT2D eigenvalue weighted by Crippen LogP contribution is -2.67. The molecule has 15 heteroatoms. The number of nitrogens with zero attached hydrogens (tertiary/aromatic N) is 3. The Morgan fingerprint density at radius 2 is 2.14 bits per heavy atom. The quantitative estimate of drug-likeness (QED) is 0.166. The van der Waals surface area contributed by atoms with Gasteiger partial charge in [0.05, 0.1) is 6.04 Å². The highest BCUT2D eigenvalue weighted by Gasteiger charge is 2.57. The molecule has 0 spiro atoms. The van der Waals surface area contributed by atoms with Gasteiger partial charge in [-0.15, -0.1) is 11.3 Å². The molecule has 2 rings (SSSR count). The van der Waals surface area contributed by atoms with Gasteiger partial charge in [-0.25, -0.2) is 14.1 Å². The Bertz CT molecular complexity index is 943. The Balaban J connectivity index is 2.19. The molecular formula is C14H18N4O9S2. The zero-order valence-corrected chi connectivity index (χ0v) is 17.1. The predicted octanol–water partition coefficient (Wildman–Crippen LogP) is -0.800. The van der Waals surface area contributed by atoms with Gasteiger partial charge >= 0.3 is 22.2 Å². The third-order valence-corrected chi connectivity index (χ3v) is 5.48. The van der Waals surface area contributed by atoms with Crippen LogP contribution in [-0.4, -0.2) is 71.7 Å². The minimum Gasteiger partial charge on any atom is -0.464 e. The molecular weight excluding hydrogens is 432 g/mol. The predicted molar refractivity (Wildman–Crippen MR) is 97.9 cm³/mol. The summed E-state index contributed by atoms with van der Waals surface area (Å²) in [5.74, 6) is -3.94. The van der Waals surface area contributed by atoms with Crippen LogP contribution in [0.25, 0.3) is 0 Å². The van der Waals surface area contributed by atoms with E-state index in [9.17, 15) is 27.4 Å². The fraction of sp³-hybridized carbons (Fsp3) is 0.500. The maximum atomic E-state index is 12.5. The highest BCUT2D eigenvalue weighted by Crippen LogP contribution is 2.33. The van der Waals surface area contributed by atoms with Crippen molar-refractivity contribution >= 4 is 50.3 Å². The van der Waals surface area contributed by atoms with Crippen LogP contribution in [0.1, 0.15) is 19.5 Å². The van der Waals surface area contributed by atoms with Gasteiger partial charge < -0.3 is 20.0 Å². The second kappa shape index (κ2) is 8.71. The third-order valence-electron chi connectivity index (χ3n) is 3.86. The van der Waals surface area contributed by atoms with Crippen LogP contribution in [0.2, 0.25) is 0 Å². The molecule has 0 radical (unpaired) electrons. The Morgan fingerprint density at radius 1 is 1.48 bits per heavy atom. The molecule has 160 valence electrons. The number of nitrogens with two attached hydrogens (primary N) is 1. The molecule has 1 aromatic rings. The molecule has 0 unspecified atom stereocenters. The fourth-order valence-electron chi connectivity index (χ4n) is 2.69. The molecule has 0 bridgehead atoms. The summed E-state index contributed by atoms with van der Waals surface area (Å²) in [6, 6.07) is -1.25. The number of rotatable bonds is 8. The first-order chi connectivity index (χ1) is 13.5. The highest BCUT2D eigenvalue weighted by molar-refractivity contribution is 7.84. The van der Waals surface area contributed by atoms with Crippen molar-refractivity contribution in [1.82, 2.24) is 9.29 Å². The summed E-state index contributed by atoms with van der Waals surface area (Å²) >= 11 is 1.05. The topological polar surface area (TPSA) is 188 Å². The minimum absolute atomic E-state index is 0.0857. The van der Waals surface area contributed by atoms with E-state index in [-0.39, 0.29) is 20.8 Å². The zero-order valence-electron chi connectivity index (χ0n) is 15.5. The summed E-state index contributed by atoms with van der Waals surface area (Å²) in [6.45, 7) is 1.90. The molecule has 1 amide bonds. The van der Waals surface area contributed by atoms with E-state index in [4.69, 9.17) is 15.2 Å². The van der Waals surface area contributed by atoms with Gasteiger partial charge in [-0.05, 0) is 6.92 Å². The Morgan fingerprint density at radius 3 is 2.62 bits per heavy atom. The van der Waals surface area contributed by atoms with Gasteiger partial charge in [-0.3, -0.25) is 14.1 Å². The number of nitrogen functional groups attached to an aromatic ring is 1. The average molecular weight is 450 g/mol. The molecule has 3 N–H and O–H groups in total. The first kappa shape index (κ1) is 22.5. The molecule has 1 fully saturated rings. The monoisotopic (exact) mass is 450 g/mol. The van der Waals surface area contributed by atoms with Crippen molar-refractivity contribution in [3.05, 3.63) is 11.1 Å². The normalized spacial score (nSPS) is 20.6. The molecule has 1 aliphatic heterocycles. The van der Waals surface area contributed by atoms with E-state index in [2.05, 4.69) is 15.0 Å². The molecule has 0 aliphatic carbocycles. The van der Waals surface area contributed by atoms with Crippen LogP contribution in [0.4, 0.5) is 5.13 Å². The highest BCUT2D eigenvalue weighted by atomic mass is 32.2. The zero-order chi connectivity index (χ0) is 21.9. The van der Waals surface area contributed by atoms with E-state index < -0.39 is 52.8 Å². The molecule has 0 aromatic carbocycles. The van der Waals surface area contributed by atoms with Gasteiger partial charge in [-0.2, -0.15) is 8.42 Å². The molecule has 29 heavy (non-hydrogen) atoms. The summed E-state index contributed by atoms with van der Waals surface area (Å²) in [5, 5.41) is 5.16. The molecule has 1 aromatic heterocycles. The summed E-state index contributed by atoms with van der Waals surface area (Å²) in [6.07, 6.45) is -1.16. The van der Waals surface area contributed by atoms with E-state index in [0.717, 1.165) is 18.3 Å². The standard InChI is InChI=1S/C14H18N4O9S2/c1-6(27-13(21)11(17-25-3)8-5-28-14(15)16-8)10-9(4-26-7(2)19)18(12(10)20)29(22,23)24/h5-6,9-10H,4H2,1-3H3,(H2,15,16)(H,22,23,24)/b17-11+/t6-,9-,10-/m1/s1. The first-order valence-electron chi connectivity index (χ1n) is 7.95. The van der Waals surface area contributed by atoms with Crippen LogP contribution in [-0.2, 0) is 39.0 Å². The number of oxime groups is 1. The van der Waals surface area contributed by atoms with Crippen molar-refractivity contribution in [3.8, 4) is 0 Å². The van der Waals surface area contributed by atoms with Crippen LogP contribution >= 0.6 is 11.3 Å². The Kier molecular flexibility index (Phi) is 6.76. The number of carbonyl (C=O) groups is 3. The Hall–Kier alpha value is -2.78. The number of thiazole rings is 1. The lowest BCUT2D eigenvalue weighted by Gasteiger charge is -2.45. The fourth-order valence-corrected chi connectivity index (χ4v) is 4.12. The van der Waals surface area contributed by atoms with Crippen LogP contribution in [0.15, 0.2) is 10.5 Å². The summed E-state index contributed by atoms with van der Waals surface area (Å²) in [5.41, 5.74) is 5.30. The van der Waals surface area contributed by atoms with Crippen LogP contribution in [0.3, 0.4) is 0 Å². The van der Waals surface area contributed by atoms with E-state index in [1.165, 1.54) is 19.4 Å². The van der Waals surface area contributed by atoms with Crippen molar-refractivity contribution in [2.45, 2.75) is 26.0 Å². The van der Waals surface area contributed by atoms with Crippen molar-refractivity contribution < 1.29 is 41.7 Å². The van der Waals surface area contributed by atoms with Gasteiger partial charge in [0, 0.05) is 12.3 Å². The molecule has 1 aliphatic rings. The van der Waals surface area contributed by atoms with Crippen molar-refractivity contribution in [1.29, 1.82) is 0 Å². The number of hydrogen-bond donors (Lipinski definition) is 2. The second-order valence-corrected chi connectivity index (χ2v) is 7.99. The number of hydrogen-bond acceptors (Lipinski definition) is 12. The molecule has 3 atom stereocenters. The van der Waals surface area contributed by atoms with Crippen LogP contribution in [0, 0.1) is 5.92 Å². The molecule has 13 nitrogen and oxygen atoms in total. The molecule has 2 heterocycles. The van der Waals surface area contributed by atoms with Crippen LogP contribution in [0.5, 0.6) is 0 Å². The molecule has 1 saturated heterocycles. The number of aromatic nitrogens is 1. The molecule has 0 saturated carbocycles. The van der Waals surface area contributed by atoms with Gasteiger partial charge in [0.25, 0.3) is 0 Å². The smallest absolute Gasteiger partial charge is 0.363 e.